The zero-order valence-corrected chi connectivity index (χ0v) is 12.5. The molecule has 1 amide bonds. The number of H-pyrrole nitrogens is 1. The molecule has 0 unspecified atom stereocenters. The second-order valence-electron chi connectivity index (χ2n) is 4.94. The molecule has 2 aromatic rings. The van der Waals surface area contributed by atoms with Crippen LogP contribution in [-0.4, -0.2) is 55.0 Å². The van der Waals surface area contributed by atoms with Crippen LogP contribution in [0.15, 0.2) is 16.1 Å². The molecule has 1 aliphatic heterocycles. The van der Waals surface area contributed by atoms with Crippen LogP contribution in [0.25, 0.3) is 0 Å². The van der Waals surface area contributed by atoms with Gasteiger partial charge in [0.05, 0.1) is 5.75 Å². The Morgan fingerprint density at radius 1 is 1.52 bits per heavy atom. The Morgan fingerprint density at radius 3 is 2.95 bits per heavy atom. The normalized spacial score (nSPS) is 16.3. The number of thioether (sulfide) groups is 1. The maximum Gasteiger partial charge on any atom is 0.233 e. The Morgan fingerprint density at radius 2 is 2.33 bits per heavy atom. The molecule has 2 aromatic heterocycles. The van der Waals surface area contributed by atoms with Gasteiger partial charge in [-0.25, -0.2) is 4.98 Å². The molecule has 0 bridgehead atoms. The molecular formula is C12H16N6O2S. The third-order valence-corrected chi connectivity index (χ3v) is 4.32. The number of piperidine rings is 1. The summed E-state index contributed by atoms with van der Waals surface area (Å²) in [5.74, 6) is 2.27. The van der Waals surface area contributed by atoms with E-state index in [-0.39, 0.29) is 11.8 Å². The van der Waals surface area contributed by atoms with E-state index in [4.69, 9.17) is 4.52 Å². The summed E-state index contributed by atoms with van der Waals surface area (Å²) in [6.07, 6.45) is 3.09. The molecule has 21 heavy (non-hydrogen) atoms. The number of aromatic nitrogens is 5. The molecule has 3 rings (SSSR count). The molecule has 0 spiro atoms. The highest BCUT2D eigenvalue weighted by molar-refractivity contribution is 7.99. The van der Waals surface area contributed by atoms with Crippen LogP contribution in [0.3, 0.4) is 0 Å². The van der Waals surface area contributed by atoms with E-state index in [9.17, 15) is 4.79 Å². The van der Waals surface area contributed by atoms with Crippen molar-refractivity contribution in [3.63, 3.8) is 0 Å². The van der Waals surface area contributed by atoms with Gasteiger partial charge < -0.3 is 9.42 Å². The number of hydrogen-bond donors (Lipinski definition) is 1. The van der Waals surface area contributed by atoms with Crippen molar-refractivity contribution in [3.8, 4) is 0 Å². The number of carbonyl (C=O) groups is 1. The van der Waals surface area contributed by atoms with Crippen LogP contribution >= 0.6 is 11.8 Å². The highest BCUT2D eigenvalue weighted by Gasteiger charge is 2.26. The molecule has 0 radical (unpaired) electrons. The number of rotatable bonds is 4. The van der Waals surface area contributed by atoms with Crippen molar-refractivity contribution in [1.82, 2.24) is 30.2 Å². The lowest BCUT2D eigenvalue weighted by Gasteiger charge is -2.30. The number of likely N-dealkylation sites (tertiary alicyclic amines) is 1. The van der Waals surface area contributed by atoms with Gasteiger partial charge in [-0.1, -0.05) is 16.9 Å². The summed E-state index contributed by atoms with van der Waals surface area (Å²) in [6.45, 7) is 3.29. The summed E-state index contributed by atoms with van der Waals surface area (Å²) in [4.78, 5) is 22.3. The first-order valence-electron chi connectivity index (χ1n) is 6.78. The van der Waals surface area contributed by atoms with Crippen LogP contribution in [0.1, 0.15) is 30.4 Å². The van der Waals surface area contributed by atoms with Gasteiger partial charge in [0.25, 0.3) is 0 Å². The molecule has 0 saturated carbocycles. The largest absolute Gasteiger partial charge is 0.343 e. The van der Waals surface area contributed by atoms with Crippen molar-refractivity contribution in [2.45, 2.75) is 30.8 Å². The lowest BCUT2D eigenvalue weighted by Crippen LogP contribution is -2.39. The van der Waals surface area contributed by atoms with E-state index in [1.54, 1.807) is 0 Å². The van der Waals surface area contributed by atoms with E-state index in [1.807, 2.05) is 11.8 Å². The molecule has 3 heterocycles. The van der Waals surface area contributed by atoms with E-state index in [2.05, 4.69) is 25.3 Å². The van der Waals surface area contributed by atoms with Gasteiger partial charge in [0.1, 0.15) is 5.82 Å². The Kier molecular flexibility index (Phi) is 4.18. The van der Waals surface area contributed by atoms with Crippen LogP contribution in [0.4, 0.5) is 0 Å². The molecule has 0 atom stereocenters. The fourth-order valence-corrected chi connectivity index (χ4v) is 3.10. The molecule has 1 saturated heterocycles. The zero-order chi connectivity index (χ0) is 14.7. The molecule has 1 fully saturated rings. The Balaban J connectivity index is 1.46. The Hall–Kier alpha value is -1.90. The van der Waals surface area contributed by atoms with Crippen LogP contribution in [0, 0.1) is 6.92 Å². The van der Waals surface area contributed by atoms with Gasteiger partial charge in [-0.05, 0) is 19.8 Å². The smallest absolute Gasteiger partial charge is 0.233 e. The summed E-state index contributed by atoms with van der Waals surface area (Å²) in [5, 5.41) is 11.3. The number of aryl methyl sites for hydroxylation is 1. The van der Waals surface area contributed by atoms with E-state index in [0.29, 0.717) is 10.9 Å². The lowest BCUT2D eigenvalue weighted by atomic mass is 9.96. The topological polar surface area (TPSA) is 101 Å². The summed E-state index contributed by atoms with van der Waals surface area (Å²) < 4.78 is 4.77. The lowest BCUT2D eigenvalue weighted by molar-refractivity contribution is -0.129. The molecule has 1 N–H and O–H groups in total. The summed E-state index contributed by atoms with van der Waals surface area (Å²) >= 11 is 1.36. The average Bonchev–Trinajstić information content (AvgIpc) is 3.16. The quantitative estimate of drug-likeness (QED) is 0.841. The van der Waals surface area contributed by atoms with Gasteiger partial charge in [-0.2, -0.15) is 4.98 Å². The second-order valence-corrected chi connectivity index (χ2v) is 5.88. The fourth-order valence-electron chi connectivity index (χ4n) is 2.35. The van der Waals surface area contributed by atoms with Crippen molar-refractivity contribution >= 4 is 17.7 Å². The van der Waals surface area contributed by atoms with Crippen LogP contribution < -0.4 is 0 Å². The van der Waals surface area contributed by atoms with Gasteiger partial charge in [0, 0.05) is 19.0 Å². The number of aromatic amines is 1. The van der Waals surface area contributed by atoms with Gasteiger partial charge in [-0.3, -0.25) is 9.89 Å². The van der Waals surface area contributed by atoms with Crippen molar-refractivity contribution in [2.24, 2.45) is 0 Å². The Bertz CT molecular complexity index is 591. The number of nitrogens with zero attached hydrogens (tertiary/aromatic N) is 5. The molecule has 0 aromatic carbocycles. The number of amides is 1. The fraction of sp³-hybridized carbons (Fsp3) is 0.583. The van der Waals surface area contributed by atoms with Crippen LogP contribution in [-0.2, 0) is 4.79 Å². The van der Waals surface area contributed by atoms with Gasteiger partial charge in [-0.15, -0.1) is 5.10 Å². The van der Waals surface area contributed by atoms with Gasteiger partial charge in [0.2, 0.25) is 17.5 Å². The van der Waals surface area contributed by atoms with E-state index < -0.39 is 0 Å². The van der Waals surface area contributed by atoms with Crippen LogP contribution in [0.2, 0.25) is 0 Å². The molecule has 112 valence electrons. The minimum atomic E-state index is 0.119. The third-order valence-electron chi connectivity index (χ3n) is 3.49. The van der Waals surface area contributed by atoms with Gasteiger partial charge in [0.15, 0.2) is 5.82 Å². The van der Waals surface area contributed by atoms with Gasteiger partial charge >= 0.3 is 0 Å². The Labute approximate surface area is 125 Å². The highest BCUT2D eigenvalue weighted by atomic mass is 32.2. The van der Waals surface area contributed by atoms with E-state index in [0.717, 1.165) is 37.6 Å². The minimum Gasteiger partial charge on any atom is -0.343 e. The summed E-state index contributed by atoms with van der Waals surface area (Å²) in [5.41, 5.74) is 0. The predicted molar refractivity (Wildman–Crippen MR) is 74.7 cm³/mol. The van der Waals surface area contributed by atoms with Crippen molar-refractivity contribution in [2.75, 3.05) is 18.8 Å². The molecule has 9 heteroatoms. The minimum absolute atomic E-state index is 0.119. The molecular weight excluding hydrogens is 292 g/mol. The molecule has 8 nitrogen and oxygen atoms in total. The SMILES string of the molecule is Cc1nc(SCC(=O)N2CCC(c3ncon3)CC2)n[nH]1. The maximum atomic E-state index is 12.2. The van der Waals surface area contributed by atoms with Crippen molar-refractivity contribution < 1.29 is 9.32 Å². The first kappa shape index (κ1) is 14.1. The first-order chi connectivity index (χ1) is 10.2. The monoisotopic (exact) mass is 308 g/mol. The standard InChI is InChI=1S/C12H16N6O2S/c1-8-14-12(16-15-8)21-6-10(19)18-4-2-9(3-5-18)11-13-7-20-17-11/h7,9H,2-6H2,1H3,(H,14,15,16). The van der Waals surface area contributed by atoms with Crippen molar-refractivity contribution in [1.29, 1.82) is 0 Å². The predicted octanol–water partition coefficient (Wildman–Crippen LogP) is 0.994. The average molecular weight is 308 g/mol. The second kappa shape index (κ2) is 6.25. The van der Waals surface area contributed by atoms with Crippen molar-refractivity contribution in [3.05, 3.63) is 18.0 Å². The maximum absolute atomic E-state index is 12.2. The third kappa shape index (κ3) is 3.41. The first-order valence-corrected chi connectivity index (χ1v) is 7.77. The summed E-state index contributed by atoms with van der Waals surface area (Å²) in [7, 11) is 0. The van der Waals surface area contributed by atoms with E-state index >= 15 is 0 Å². The van der Waals surface area contributed by atoms with Crippen LogP contribution in [0.5, 0.6) is 0 Å². The number of nitrogens with one attached hydrogen (secondary N) is 1. The number of hydrogen-bond acceptors (Lipinski definition) is 7. The number of carbonyl (C=O) groups excluding carboxylic acids is 1. The zero-order valence-electron chi connectivity index (χ0n) is 11.7. The van der Waals surface area contributed by atoms with E-state index in [1.165, 1.54) is 18.2 Å². The molecule has 0 aliphatic carbocycles. The highest BCUT2D eigenvalue weighted by Crippen LogP contribution is 2.25. The molecule has 1 aliphatic rings. The summed E-state index contributed by atoms with van der Waals surface area (Å²) in [6, 6.07) is 0.